The van der Waals surface area contributed by atoms with Gasteiger partial charge in [0.15, 0.2) is 5.82 Å². The van der Waals surface area contributed by atoms with E-state index in [0.29, 0.717) is 43.7 Å². The molecule has 2 aromatic rings. The zero-order valence-electron chi connectivity index (χ0n) is 18.3. The van der Waals surface area contributed by atoms with Crippen LogP contribution in [0.2, 0.25) is 0 Å². The average Bonchev–Trinajstić information content (AvgIpc) is 3.14. The lowest BCUT2D eigenvalue weighted by Crippen LogP contribution is -2.50. The van der Waals surface area contributed by atoms with Crippen molar-refractivity contribution in [3.05, 3.63) is 47.1 Å². The summed E-state index contributed by atoms with van der Waals surface area (Å²) in [5.41, 5.74) is -0.324. The van der Waals surface area contributed by atoms with Crippen LogP contribution in [0.25, 0.3) is 0 Å². The van der Waals surface area contributed by atoms with Crippen molar-refractivity contribution in [2.24, 2.45) is 0 Å². The van der Waals surface area contributed by atoms with Gasteiger partial charge in [-0.3, -0.25) is 9.69 Å². The van der Waals surface area contributed by atoms with E-state index in [1.807, 2.05) is 4.90 Å². The molecule has 6 nitrogen and oxygen atoms in total. The summed E-state index contributed by atoms with van der Waals surface area (Å²) in [5, 5.41) is 4.06. The van der Waals surface area contributed by atoms with E-state index in [0.717, 1.165) is 31.7 Å². The van der Waals surface area contributed by atoms with Crippen LogP contribution in [0.1, 0.15) is 67.8 Å². The van der Waals surface area contributed by atoms with Crippen LogP contribution in [0.5, 0.6) is 0 Å². The Morgan fingerprint density at radius 1 is 1.22 bits per heavy atom. The molecular formula is C23H29F3N4O2. The van der Waals surface area contributed by atoms with Crippen molar-refractivity contribution < 1.29 is 22.5 Å². The first-order valence-corrected chi connectivity index (χ1v) is 11.3. The number of carbonyl (C=O) groups is 1. The summed E-state index contributed by atoms with van der Waals surface area (Å²) in [6, 6.07) is 5.66. The number of piperidine rings is 1. The van der Waals surface area contributed by atoms with Gasteiger partial charge in [0.1, 0.15) is 0 Å². The van der Waals surface area contributed by atoms with Gasteiger partial charge in [-0.1, -0.05) is 29.8 Å². The Morgan fingerprint density at radius 2 is 2.00 bits per heavy atom. The largest absolute Gasteiger partial charge is 0.416 e. The number of hydrogen-bond acceptors (Lipinski definition) is 5. The quantitative estimate of drug-likeness (QED) is 0.625. The van der Waals surface area contributed by atoms with E-state index in [4.69, 9.17) is 4.52 Å². The minimum absolute atomic E-state index is 0.0442. The molecule has 174 valence electrons. The van der Waals surface area contributed by atoms with Crippen LogP contribution in [0, 0.1) is 0 Å². The third-order valence-corrected chi connectivity index (χ3v) is 6.56. The van der Waals surface area contributed by atoms with Gasteiger partial charge in [0.25, 0.3) is 0 Å². The Morgan fingerprint density at radius 3 is 2.69 bits per heavy atom. The minimum atomic E-state index is -4.37. The second-order valence-corrected chi connectivity index (χ2v) is 8.83. The van der Waals surface area contributed by atoms with Crippen LogP contribution < -0.4 is 0 Å². The van der Waals surface area contributed by atoms with Crippen LogP contribution in [0.4, 0.5) is 13.2 Å². The normalized spacial score (nSPS) is 20.2. The lowest BCUT2D eigenvalue weighted by atomic mass is 9.85. The lowest BCUT2D eigenvalue weighted by molar-refractivity contribution is -0.138. The van der Waals surface area contributed by atoms with Gasteiger partial charge in [-0.25, -0.2) is 0 Å². The maximum absolute atomic E-state index is 13.4. The molecule has 0 radical (unpaired) electrons. The maximum Gasteiger partial charge on any atom is 0.416 e. The SMILES string of the molecule is CC(=O)N(CCc1noc(C2CCC2)n1)C1CCCN(Cc2ccccc2C(F)(F)F)C1. The van der Waals surface area contributed by atoms with Crippen molar-refractivity contribution in [2.75, 3.05) is 19.6 Å². The van der Waals surface area contributed by atoms with Crippen molar-refractivity contribution >= 4 is 5.91 Å². The van der Waals surface area contributed by atoms with E-state index in [1.165, 1.54) is 25.5 Å². The van der Waals surface area contributed by atoms with E-state index in [9.17, 15) is 18.0 Å². The molecule has 4 rings (SSSR count). The highest BCUT2D eigenvalue weighted by Crippen LogP contribution is 2.35. The third kappa shape index (κ3) is 5.31. The molecule has 32 heavy (non-hydrogen) atoms. The van der Waals surface area contributed by atoms with E-state index in [1.54, 1.807) is 11.0 Å². The molecule has 1 unspecified atom stereocenters. The molecule has 1 aromatic carbocycles. The first-order valence-electron chi connectivity index (χ1n) is 11.3. The van der Waals surface area contributed by atoms with Gasteiger partial charge in [-0.2, -0.15) is 18.2 Å². The highest BCUT2D eigenvalue weighted by atomic mass is 19.4. The molecule has 1 saturated carbocycles. The molecule has 1 aliphatic carbocycles. The zero-order chi connectivity index (χ0) is 22.7. The van der Waals surface area contributed by atoms with Crippen LogP contribution in [0.15, 0.2) is 28.8 Å². The predicted molar refractivity (Wildman–Crippen MR) is 112 cm³/mol. The maximum atomic E-state index is 13.4. The molecule has 1 aromatic heterocycles. The number of carbonyl (C=O) groups excluding carboxylic acids is 1. The molecule has 9 heteroatoms. The molecule has 2 fully saturated rings. The fourth-order valence-electron chi connectivity index (χ4n) is 4.61. The number of rotatable bonds is 7. The number of hydrogen-bond donors (Lipinski definition) is 0. The number of nitrogens with zero attached hydrogens (tertiary/aromatic N) is 4. The van der Waals surface area contributed by atoms with Crippen LogP contribution in [-0.4, -0.2) is 51.5 Å². The van der Waals surface area contributed by atoms with Crippen molar-refractivity contribution in [1.29, 1.82) is 0 Å². The topological polar surface area (TPSA) is 62.5 Å². The third-order valence-electron chi connectivity index (χ3n) is 6.56. The Bertz CT molecular complexity index is 926. The summed E-state index contributed by atoms with van der Waals surface area (Å²) >= 11 is 0. The van der Waals surface area contributed by atoms with E-state index in [2.05, 4.69) is 10.1 Å². The molecule has 1 atom stereocenters. The standard InChI is InChI=1S/C23H29F3N4O2/c1-16(31)30(13-11-21-27-22(32-28-21)17-7-4-8-17)19-9-5-12-29(15-19)14-18-6-2-3-10-20(18)23(24,25)26/h2-3,6,10,17,19H,4-5,7-9,11-15H2,1H3. The van der Waals surface area contributed by atoms with Gasteiger partial charge in [-0.15, -0.1) is 0 Å². The van der Waals surface area contributed by atoms with Crippen LogP contribution >= 0.6 is 0 Å². The summed E-state index contributed by atoms with van der Waals surface area (Å²) in [6.45, 7) is 3.48. The molecule has 0 bridgehead atoms. The molecule has 1 amide bonds. The Hall–Kier alpha value is -2.42. The number of aromatic nitrogens is 2. The summed E-state index contributed by atoms with van der Waals surface area (Å²) in [5.74, 6) is 1.61. The number of benzene rings is 1. The number of likely N-dealkylation sites (tertiary alicyclic amines) is 1. The van der Waals surface area contributed by atoms with Gasteiger partial charge >= 0.3 is 6.18 Å². The average molecular weight is 451 g/mol. The van der Waals surface area contributed by atoms with Gasteiger partial charge in [0.05, 0.1) is 5.56 Å². The number of halogens is 3. The second-order valence-electron chi connectivity index (χ2n) is 8.83. The molecule has 0 spiro atoms. The fraction of sp³-hybridized carbons (Fsp3) is 0.609. The van der Waals surface area contributed by atoms with Gasteiger partial charge in [-0.05, 0) is 43.9 Å². The van der Waals surface area contributed by atoms with E-state index in [-0.39, 0.29) is 24.1 Å². The summed E-state index contributed by atoms with van der Waals surface area (Å²) < 4.78 is 45.5. The van der Waals surface area contributed by atoms with Gasteiger partial charge in [0.2, 0.25) is 11.8 Å². The minimum Gasteiger partial charge on any atom is -0.339 e. The molecule has 0 N–H and O–H groups in total. The van der Waals surface area contributed by atoms with Crippen molar-refractivity contribution in [1.82, 2.24) is 19.9 Å². The molecule has 2 aliphatic rings. The smallest absolute Gasteiger partial charge is 0.339 e. The number of amides is 1. The number of alkyl halides is 3. The van der Waals surface area contributed by atoms with E-state index < -0.39 is 11.7 Å². The Labute approximate surface area is 185 Å². The Balaban J connectivity index is 1.38. The second kappa shape index (κ2) is 9.60. The molecular weight excluding hydrogens is 421 g/mol. The van der Waals surface area contributed by atoms with Crippen molar-refractivity contribution in [3.63, 3.8) is 0 Å². The Kier molecular flexibility index (Phi) is 6.83. The van der Waals surface area contributed by atoms with Crippen LogP contribution in [0.3, 0.4) is 0 Å². The first-order chi connectivity index (χ1) is 15.3. The van der Waals surface area contributed by atoms with Crippen molar-refractivity contribution in [3.8, 4) is 0 Å². The zero-order valence-corrected chi connectivity index (χ0v) is 18.3. The molecule has 1 aliphatic heterocycles. The fourth-order valence-corrected chi connectivity index (χ4v) is 4.61. The predicted octanol–water partition coefficient (Wildman–Crippen LogP) is 4.41. The molecule has 2 heterocycles. The lowest BCUT2D eigenvalue weighted by Gasteiger charge is -2.39. The summed E-state index contributed by atoms with van der Waals surface area (Å²) in [7, 11) is 0. The first kappa shape index (κ1) is 22.8. The van der Waals surface area contributed by atoms with E-state index >= 15 is 0 Å². The van der Waals surface area contributed by atoms with Crippen LogP contribution in [-0.2, 0) is 23.9 Å². The summed E-state index contributed by atoms with van der Waals surface area (Å²) in [4.78, 5) is 20.7. The summed E-state index contributed by atoms with van der Waals surface area (Å²) in [6.07, 6.45) is 1.13. The van der Waals surface area contributed by atoms with Gasteiger partial charge < -0.3 is 9.42 Å². The highest BCUT2D eigenvalue weighted by Gasteiger charge is 2.34. The molecule has 1 saturated heterocycles. The van der Waals surface area contributed by atoms with Gasteiger partial charge in [0, 0.05) is 44.9 Å². The van der Waals surface area contributed by atoms with Crippen molar-refractivity contribution in [2.45, 2.75) is 70.1 Å². The monoisotopic (exact) mass is 450 g/mol. The highest BCUT2D eigenvalue weighted by molar-refractivity contribution is 5.73.